The van der Waals surface area contributed by atoms with Gasteiger partial charge >= 0.3 is 6.09 Å². The number of ether oxygens (including phenoxy) is 2. The molecule has 0 spiro atoms. The first-order chi connectivity index (χ1) is 20.3. The van der Waals surface area contributed by atoms with Gasteiger partial charge in [0, 0.05) is 46.1 Å². The Hall–Kier alpha value is -2.87. The Morgan fingerprint density at radius 3 is 2.56 bits per heavy atom. The number of nitriles is 1. The Morgan fingerprint density at radius 1 is 1.19 bits per heavy atom. The minimum Gasteiger partial charge on any atom is -0.444 e. The molecule has 10 heteroatoms. The molecule has 1 saturated heterocycles. The fourth-order valence-electron chi connectivity index (χ4n) is 5.38. The van der Waals surface area contributed by atoms with Crippen LogP contribution >= 0.6 is 11.8 Å². The van der Waals surface area contributed by atoms with Crippen LogP contribution in [0.5, 0.6) is 0 Å². The molecule has 0 bridgehead atoms. The molecule has 43 heavy (non-hydrogen) atoms. The Kier molecular flexibility index (Phi) is 11.0. The minimum absolute atomic E-state index is 0.124. The number of imidazole rings is 1. The normalized spacial score (nSPS) is 16.5. The highest BCUT2D eigenvalue weighted by Crippen LogP contribution is 2.35. The van der Waals surface area contributed by atoms with Gasteiger partial charge in [-0.2, -0.15) is 17.0 Å². The highest BCUT2D eigenvalue weighted by molar-refractivity contribution is 7.99. The first-order valence-corrected chi connectivity index (χ1v) is 20.2. The maximum absolute atomic E-state index is 13.7. The number of allylic oxidation sites excluding steroid dienone is 1. The Labute approximate surface area is 261 Å². The van der Waals surface area contributed by atoms with Crippen LogP contribution in [0.3, 0.4) is 0 Å². The lowest BCUT2D eigenvalue weighted by molar-refractivity contribution is 0.0204. The number of rotatable bonds is 10. The molecule has 0 radical (unpaired) electrons. The number of benzene rings is 1. The SMILES string of the molecule is CC(C)(C)OC(=O)N1CCC(c2ccc(CC(=O)c3nc(C#N)cn3COCC[Si](C)(C)C)c(C3=CCSCC3)c2)CC1. The van der Waals surface area contributed by atoms with Crippen molar-refractivity contribution in [3.05, 3.63) is 58.7 Å². The molecule has 2 aliphatic heterocycles. The highest BCUT2D eigenvalue weighted by atomic mass is 32.2. The largest absolute Gasteiger partial charge is 0.444 e. The molecule has 0 atom stereocenters. The van der Waals surface area contributed by atoms with Crippen molar-refractivity contribution in [3.8, 4) is 6.07 Å². The lowest BCUT2D eigenvalue weighted by atomic mass is 9.85. The predicted octanol–water partition coefficient (Wildman–Crippen LogP) is 7.13. The number of piperidine rings is 1. The van der Waals surface area contributed by atoms with Crippen LogP contribution in [-0.2, 0) is 22.6 Å². The molecule has 1 aromatic heterocycles. The zero-order valence-corrected chi connectivity index (χ0v) is 28.4. The van der Waals surface area contributed by atoms with Crippen LogP contribution in [0.4, 0.5) is 4.79 Å². The second kappa shape index (κ2) is 14.3. The summed E-state index contributed by atoms with van der Waals surface area (Å²) in [5, 5.41) is 9.48. The van der Waals surface area contributed by atoms with Crippen molar-refractivity contribution >= 4 is 37.3 Å². The molecule has 0 aliphatic carbocycles. The molecule has 2 aromatic rings. The van der Waals surface area contributed by atoms with Crippen molar-refractivity contribution in [1.82, 2.24) is 14.5 Å². The fraction of sp³-hybridized carbons (Fsp3) is 0.576. The summed E-state index contributed by atoms with van der Waals surface area (Å²) in [5.41, 5.74) is 4.35. The van der Waals surface area contributed by atoms with Gasteiger partial charge in [0.2, 0.25) is 5.78 Å². The van der Waals surface area contributed by atoms with E-state index >= 15 is 0 Å². The first-order valence-electron chi connectivity index (χ1n) is 15.3. The van der Waals surface area contributed by atoms with E-state index in [-0.39, 0.29) is 36.5 Å². The summed E-state index contributed by atoms with van der Waals surface area (Å²) in [6, 6.07) is 9.60. The van der Waals surface area contributed by atoms with E-state index in [1.54, 1.807) is 10.8 Å². The maximum atomic E-state index is 13.7. The lowest BCUT2D eigenvalue weighted by Crippen LogP contribution is -2.41. The number of carbonyl (C=O) groups excluding carboxylic acids is 2. The summed E-state index contributed by atoms with van der Waals surface area (Å²) in [4.78, 5) is 32.4. The van der Waals surface area contributed by atoms with Crippen LogP contribution in [0.25, 0.3) is 5.57 Å². The van der Waals surface area contributed by atoms with E-state index in [2.05, 4.69) is 55.0 Å². The minimum atomic E-state index is -1.24. The summed E-state index contributed by atoms with van der Waals surface area (Å²) < 4.78 is 13.1. The van der Waals surface area contributed by atoms with E-state index < -0.39 is 13.7 Å². The number of nitrogens with zero attached hydrogens (tertiary/aromatic N) is 4. The molecule has 2 aliphatic rings. The van der Waals surface area contributed by atoms with Crippen molar-refractivity contribution in [2.45, 2.75) is 90.4 Å². The van der Waals surface area contributed by atoms with Crippen LogP contribution in [0.15, 0.2) is 30.5 Å². The van der Waals surface area contributed by atoms with E-state index in [1.807, 2.05) is 37.4 Å². The Morgan fingerprint density at radius 2 is 1.93 bits per heavy atom. The van der Waals surface area contributed by atoms with Gasteiger partial charge in [-0.1, -0.05) is 43.9 Å². The topological polar surface area (TPSA) is 97.5 Å². The molecule has 232 valence electrons. The summed E-state index contributed by atoms with van der Waals surface area (Å²) in [6.45, 7) is 14.7. The number of hydrogen-bond acceptors (Lipinski definition) is 7. The number of carbonyl (C=O) groups is 2. The molecule has 0 N–H and O–H groups in total. The summed E-state index contributed by atoms with van der Waals surface area (Å²) in [7, 11) is -1.24. The number of ketones is 1. The molecule has 1 amide bonds. The molecule has 0 saturated carbocycles. The maximum Gasteiger partial charge on any atom is 0.410 e. The van der Waals surface area contributed by atoms with E-state index in [0.717, 1.165) is 47.9 Å². The van der Waals surface area contributed by atoms with Gasteiger partial charge in [0.05, 0.1) is 0 Å². The molecular formula is C33H46N4O4SSi. The van der Waals surface area contributed by atoms with Crippen LogP contribution < -0.4 is 0 Å². The molecule has 3 heterocycles. The third-order valence-corrected chi connectivity index (χ3v) is 10.4. The van der Waals surface area contributed by atoms with E-state index in [1.165, 1.54) is 11.1 Å². The van der Waals surface area contributed by atoms with Gasteiger partial charge < -0.3 is 18.9 Å². The quantitative estimate of drug-likeness (QED) is 0.158. The molecule has 8 nitrogen and oxygen atoms in total. The highest BCUT2D eigenvalue weighted by Gasteiger charge is 2.28. The molecule has 1 aromatic carbocycles. The van der Waals surface area contributed by atoms with Crippen molar-refractivity contribution < 1.29 is 19.1 Å². The number of likely N-dealkylation sites (tertiary alicyclic amines) is 1. The molecular weight excluding hydrogens is 577 g/mol. The van der Waals surface area contributed by atoms with Gasteiger partial charge in [-0.15, -0.1) is 0 Å². The van der Waals surface area contributed by atoms with Crippen molar-refractivity contribution in [2.24, 2.45) is 0 Å². The van der Waals surface area contributed by atoms with Gasteiger partial charge in [0.15, 0.2) is 11.5 Å². The van der Waals surface area contributed by atoms with E-state index in [4.69, 9.17) is 9.47 Å². The summed E-state index contributed by atoms with van der Waals surface area (Å²) in [5.74, 6) is 2.50. The number of hydrogen-bond donors (Lipinski definition) is 0. The smallest absolute Gasteiger partial charge is 0.410 e. The number of Topliss-reactive ketones (excluding diaryl/α,β-unsaturated/α-hetero) is 1. The standard InChI is InChI=1S/C33H46N4O4SSi/c1-33(2,3)41-32(39)36-13-9-24(10-14-36)26-7-8-27(29(19-26)25-11-16-42-17-12-25)20-30(38)31-35-28(21-34)22-37(31)23-40-15-18-43(4,5)6/h7-8,11,19,22,24H,9-10,12-18,20,23H2,1-6H3. The molecule has 4 rings (SSSR count). The second-order valence-electron chi connectivity index (χ2n) is 13.7. The van der Waals surface area contributed by atoms with Crippen LogP contribution in [0.2, 0.25) is 25.7 Å². The Balaban J connectivity index is 1.51. The van der Waals surface area contributed by atoms with Gasteiger partial charge in [0.1, 0.15) is 18.4 Å². The monoisotopic (exact) mass is 622 g/mol. The zero-order valence-electron chi connectivity index (χ0n) is 26.6. The van der Waals surface area contributed by atoms with Crippen LogP contribution in [0, 0.1) is 11.3 Å². The predicted molar refractivity (Wildman–Crippen MR) is 175 cm³/mol. The fourth-order valence-corrected chi connectivity index (χ4v) is 6.99. The average Bonchev–Trinajstić information content (AvgIpc) is 3.38. The number of aromatic nitrogens is 2. The van der Waals surface area contributed by atoms with E-state index in [9.17, 15) is 14.9 Å². The molecule has 1 fully saturated rings. The number of amides is 1. The first kappa shape index (κ1) is 33.0. The molecule has 0 unspecified atom stereocenters. The third kappa shape index (κ3) is 9.56. The van der Waals surface area contributed by atoms with Crippen LogP contribution in [0.1, 0.15) is 79.0 Å². The van der Waals surface area contributed by atoms with Gasteiger partial charge in [-0.05, 0) is 80.0 Å². The van der Waals surface area contributed by atoms with E-state index in [0.29, 0.717) is 25.6 Å². The third-order valence-electron chi connectivity index (χ3n) is 7.78. The van der Waals surface area contributed by atoms with Gasteiger partial charge in [0.25, 0.3) is 0 Å². The van der Waals surface area contributed by atoms with Gasteiger partial charge in [-0.25, -0.2) is 9.78 Å². The summed E-state index contributed by atoms with van der Waals surface area (Å²) in [6.07, 6.45) is 6.56. The van der Waals surface area contributed by atoms with Crippen molar-refractivity contribution in [3.63, 3.8) is 0 Å². The zero-order chi connectivity index (χ0) is 31.2. The van der Waals surface area contributed by atoms with Gasteiger partial charge in [-0.3, -0.25) is 4.79 Å². The lowest BCUT2D eigenvalue weighted by Gasteiger charge is -2.34. The van der Waals surface area contributed by atoms with Crippen molar-refractivity contribution in [2.75, 3.05) is 31.2 Å². The van der Waals surface area contributed by atoms with Crippen molar-refractivity contribution in [1.29, 1.82) is 5.26 Å². The summed E-state index contributed by atoms with van der Waals surface area (Å²) >= 11 is 1.92. The number of thioether (sulfide) groups is 1. The van der Waals surface area contributed by atoms with Crippen LogP contribution in [-0.4, -0.2) is 71.2 Å². The average molecular weight is 623 g/mol. The second-order valence-corrected chi connectivity index (χ2v) is 20.5. The Bertz CT molecular complexity index is 1370.